The molecule has 1 aromatic rings. The zero-order valence-electron chi connectivity index (χ0n) is 8.43. The smallest absolute Gasteiger partial charge is 0.341 e. The molecule has 1 aliphatic rings. The molecule has 15 heavy (non-hydrogen) atoms. The van der Waals surface area contributed by atoms with Gasteiger partial charge in [-0.15, -0.1) is 0 Å². The van der Waals surface area contributed by atoms with Crippen LogP contribution in [0.2, 0.25) is 0 Å². The second kappa shape index (κ2) is 3.55. The first-order valence-corrected chi connectivity index (χ1v) is 4.80. The van der Waals surface area contributed by atoms with Crippen molar-refractivity contribution in [1.29, 1.82) is 0 Å². The molecule has 0 amide bonds. The third kappa shape index (κ3) is 1.80. The molecule has 1 saturated carbocycles. The summed E-state index contributed by atoms with van der Waals surface area (Å²) in [5.74, 6) is -0.266. The summed E-state index contributed by atoms with van der Waals surface area (Å²) in [7, 11) is 1.29. The maximum atomic E-state index is 11.3. The molecule has 80 valence electrons. The monoisotopic (exact) mass is 207 g/mol. The zero-order valence-corrected chi connectivity index (χ0v) is 8.43. The summed E-state index contributed by atoms with van der Waals surface area (Å²) in [6.07, 6.45) is 0.936. The van der Waals surface area contributed by atoms with Crippen molar-refractivity contribution in [1.82, 2.24) is 0 Å². The van der Waals surface area contributed by atoms with Crippen LogP contribution in [0, 0.1) is 0 Å². The van der Waals surface area contributed by atoms with Gasteiger partial charge in [0.1, 0.15) is 11.3 Å². The van der Waals surface area contributed by atoms with Crippen molar-refractivity contribution in [3.63, 3.8) is 0 Å². The summed E-state index contributed by atoms with van der Waals surface area (Å²) in [4.78, 5) is 11.3. The van der Waals surface area contributed by atoms with Crippen LogP contribution in [0.3, 0.4) is 0 Å². The predicted octanol–water partition coefficient (Wildman–Crippen LogP) is 0.993. The Balaban J connectivity index is 2.33. The second-order valence-corrected chi connectivity index (χ2v) is 3.77. The third-order valence-electron chi connectivity index (χ3n) is 2.69. The molecule has 0 unspecified atom stereocenters. The predicted molar refractivity (Wildman–Crippen MR) is 54.8 cm³/mol. The highest BCUT2D eigenvalue weighted by atomic mass is 16.5. The molecule has 0 saturated heterocycles. The zero-order chi connectivity index (χ0) is 11.0. The lowest BCUT2D eigenvalue weighted by molar-refractivity contribution is 0.0597. The number of hydrogen-bond donors (Lipinski definition) is 2. The number of phenolic OH excluding ortho intramolecular Hbond substituents is 1. The number of hydrogen-bond acceptors (Lipinski definition) is 4. The number of carbonyl (C=O) groups is 1. The Labute approximate surface area is 87.7 Å². The summed E-state index contributed by atoms with van der Waals surface area (Å²) < 4.78 is 4.57. The van der Waals surface area contributed by atoms with Gasteiger partial charge in [-0.3, -0.25) is 0 Å². The van der Waals surface area contributed by atoms with E-state index in [1.807, 2.05) is 0 Å². The molecule has 0 aromatic heterocycles. The van der Waals surface area contributed by atoms with Crippen LogP contribution in [0.1, 0.15) is 28.3 Å². The summed E-state index contributed by atoms with van der Waals surface area (Å²) in [5.41, 5.74) is 6.91. The van der Waals surface area contributed by atoms with Crippen LogP contribution < -0.4 is 5.73 Å². The van der Waals surface area contributed by atoms with Crippen LogP contribution in [0.5, 0.6) is 5.75 Å². The van der Waals surface area contributed by atoms with Crippen LogP contribution in [0.15, 0.2) is 18.2 Å². The van der Waals surface area contributed by atoms with Crippen molar-refractivity contribution in [2.75, 3.05) is 7.11 Å². The normalized spacial score (nSPS) is 23.6. The fourth-order valence-corrected chi connectivity index (χ4v) is 1.66. The number of phenols is 1. The van der Waals surface area contributed by atoms with E-state index in [0.717, 1.165) is 12.0 Å². The number of rotatable bonds is 2. The quantitative estimate of drug-likeness (QED) is 0.709. The van der Waals surface area contributed by atoms with E-state index in [1.54, 1.807) is 12.1 Å². The van der Waals surface area contributed by atoms with E-state index < -0.39 is 5.97 Å². The van der Waals surface area contributed by atoms with Crippen molar-refractivity contribution in [2.45, 2.75) is 18.4 Å². The van der Waals surface area contributed by atoms with Gasteiger partial charge in [0.05, 0.1) is 7.11 Å². The van der Waals surface area contributed by atoms with Gasteiger partial charge in [0.2, 0.25) is 0 Å². The number of benzene rings is 1. The van der Waals surface area contributed by atoms with Gasteiger partial charge in [-0.2, -0.15) is 0 Å². The molecule has 4 heteroatoms. The van der Waals surface area contributed by atoms with Gasteiger partial charge in [-0.05, 0) is 24.1 Å². The molecule has 3 N–H and O–H groups in total. The Kier molecular flexibility index (Phi) is 2.36. The minimum Gasteiger partial charge on any atom is -0.507 e. The van der Waals surface area contributed by atoms with Crippen molar-refractivity contribution in [3.8, 4) is 5.75 Å². The first kappa shape index (κ1) is 9.98. The number of methoxy groups -OCH3 is 1. The number of esters is 1. The van der Waals surface area contributed by atoms with Gasteiger partial charge in [0, 0.05) is 12.0 Å². The molecule has 0 bridgehead atoms. The minimum absolute atomic E-state index is 0.0557. The molecular weight excluding hydrogens is 194 g/mol. The summed E-state index contributed by atoms with van der Waals surface area (Å²) in [5, 5.41) is 9.47. The second-order valence-electron chi connectivity index (χ2n) is 3.77. The maximum absolute atomic E-state index is 11.3. The van der Waals surface area contributed by atoms with E-state index in [4.69, 9.17) is 5.73 Å². The van der Waals surface area contributed by atoms with Crippen molar-refractivity contribution in [3.05, 3.63) is 29.3 Å². The molecule has 1 aromatic carbocycles. The van der Waals surface area contributed by atoms with Crippen LogP contribution >= 0.6 is 0 Å². The average Bonchev–Trinajstić information content (AvgIpc) is 2.95. The average molecular weight is 207 g/mol. The van der Waals surface area contributed by atoms with Crippen molar-refractivity contribution in [2.24, 2.45) is 5.73 Å². The highest BCUT2D eigenvalue weighted by Crippen LogP contribution is 2.40. The van der Waals surface area contributed by atoms with Crippen molar-refractivity contribution < 1.29 is 14.6 Å². The summed E-state index contributed by atoms with van der Waals surface area (Å²) in [6, 6.07) is 5.13. The number of ether oxygens (including phenoxy) is 1. The standard InChI is InChI=1S/C11H13NO3/c1-15-11(14)8-4-6(2-3-10(8)13)7-5-9(7)12/h2-4,7,9,13H,5,12H2,1H3/t7-,9+/m0/s1. The topological polar surface area (TPSA) is 72.5 Å². The Bertz CT molecular complexity index is 403. The minimum atomic E-state index is -0.524. The molecule has 0 aliphatic heterocycles. The molecule has 0 heterocycles. The molecule has 1 fully saturated rings. The fourth-order valence-electron chi connectivity index (χ4n) is 1.66. The van der Waals surface area contributed by atoms with Gasteiger partial charge < -0.3 is 15.6 Å². The highest BCUT2D eigenvalue weighted by molar-refractivity contribution is 5.92. The Morgan fingerprint density at radius 1 is 1.60 bits per heavy atom. The van der Waals surface area contributed by atoms with E-state index >= 15 is 0 Å². The van der Waals surface area contributed by atoms with Crippen molar-refractivity contribution >= 4 is 5.97 Å². The molecule has 2 rings (SSSR count). The first-order chi connectivity index (χ1) is 7.13. The molecule has 4 nitrogen and oxygen atoms in total. The lowest BCUT2D eigenvalue weighted by atomic mass is 10.1. The van der Waals surface area contributed by atoms with Crippen LogP contribution in [0.4, 0.5) is 0 Å². The van der Waals surface area contributed by atoms with Gasteiger partial charge in [-0.25, -0.2) is 4.79 Å². The van der Waals surface area contributed by atoms with E-state index in [2.05, 4.69) is 4.74 Å². The largest absolute Gasteiger partial charge is 0.507 e. The summed E-state index contributed by atoms with van der Waals surface area (Å²) in [6.45, 7) is 0. The van der Waals surface area contributed by atoms with Gasteiger partial charge in [-0.1, -0.05) is 6.07 Å². The Morgan fingerprint density at radius 2 is 2.27 bits per heavy atom. The summed E-state index contributed by atoms with van der Waals surface area (Å²) >= 11 is 0. The van der Waals surface area contributed by atoms with Gasteiger partial charge in [0.15, 0.2) is 0 Å². The van der Waals surface area contributed by atoms with Gasteiger partial charge in [0.25, 0.3) is 0 Å². The highest BCUT2D eigenvalue weighted by Gasteiger charge is 2.35. The number of aromatic hydroxyl groups is 1. The molecule has 2 atom stereocenters. The van der Waals surface area contributed by atoms with E-state index in [1.165, 1.54) is 13.2 Å². The van der Waals surface area contributed by atoms with Crippen LogP contribution in [-0.4, -0.2) is 24.2 Å². The van der Waals surface area contributed by atoms with Crippen LogP contribution in [-0.2, 0) is 4.74 Å². The SMILES string of the molecule is COC(=O)c1cc([C@@H]2C[C@H]2N)ccc1O. The van der Waals surface area contributed by atoms with E-state index in [-0.39, 0.29) is 17.4 Å². The molecular formula is C11H13NO3. The molecule has 0 spiro atoms. The molecule has 1 aliphatic carbocycles. The van der Waals surface area contributed by atoms with E-state index in [9.17, 15) is 9.90 Å². The molecule has 0 radical (unpaired) electrons. The first-order valence-electron chi connectivity index (χ1n) is 4.80. The number of carbonyl (C=O) groups excluding carboxylic acids is 1. The number of nitrogens with two attached hydrogens (primary N) is 1. The van der Waals surface area contributed by atoms with Gasteiger partial charge >= 0.3 is 5.97 Å². The lowest BCUT2D eigenvalue weighted by Crippen LogP contribution is -2.04. The van der Waals surface area contributed by atoms with Crippen LogP contribution in [0.25, 0.3) is 0 Å². The lowest BCUT2D eigenvalue weighted by Gasteiger charge is -2.05. The third-order valence-corrected chi connectivity index (χ3v) is 2.69. The van der Waals surface area contributed by atoms with E-state index in [0.29, 0.717) is 5.92 Å². The maximum Gasteiger partial charge on any atom is 0.341 e. The Morgan fingerprint density at radius 3 is 2.80 bits per heavy atom. The fraction of sp³-hybridized carbons (Fsp3) is 0.364. The Hall–Kier alpha value is -1.55.